The number of para-hydroxylation sites is 1. The standard InChI is InChI=1S/C27H26N6O2/c1-5-33-25-21(15-28-33)20(14-22(29-25)18-11-7-6-8-12-18)26(34)30-23-17(4)10-9-13-19(23)27-31-24(16(2)3)32-35-27/h6-16H,5H2,1-4H3,(H,30,34). The zero-order valence-corrected chi connectivity index (χ0v) is 20.1. The van der Waals surface area contributed by atoms with Crippen LogP contribution >= 0.6 is 0 Å². The van der Waals surface area contributed by atoms with E-state index in [1.807, 2.05) is 82.3 Å². The second-order valence-corrected chi connectivity index (χ2v) is 8.68. The maximum absolute atomic E-state index is 13.7. The number of hydrogen-bond acceptors (Lipinski definition) is 6. The van der Waals surface area contributed by atoms with E-state index in [0.717, 1.165) is 11.1 Å². The molecule has 2 aromatic carbocycles. The largest absolute Gasteiger partial charge is 0.334 e. The Balaban J connectivity index is 1.60. The maximum atomic E-state index is 13.7. The molecule has 5 rings (SSSR count). The van der Waals surface area contributed by atoms with E-state index in [9.17, 15) is 4.79 Å². The van der Waals surface area contributed by atoms with E-state index >= 15 is 0 Å². The number of fused-ring (bicyclic) bond motifs is 1. The molecule has 0 spiro atoms. The number of pyridine rings is 1. The van der Waals surface area contributed by atoms with Gasteiger partial charge in [0.2, 0.25) is 0 Å². The fourth-order valence-electron chi connectivity index (χ4n) is 4.00. The van der Waals surface area contributed by atoms with Crippen molar-refractivity contribution in [1.82, 2.24) is 24.9 Å². The van der Waals surface area contributed by atoms with E-state index in [1.54, 1.807) is 10.9 Å². The topological polar surface area (TPSA) is 98.7 Å². The van der Waals surface area contributed by atoms with Crippen LogP contribution in [0, 0.1) is 6.92 Å². The Bertz CT molecular complexity index is 1520. The molecule has 8 heteroatoms. The van der Waals surface area contributed by atoms with Crippen molar-refractivity contribution >= 4 is 22.6 Å². The molecule has 0 bridgehead atoms. The van der Waals surface area contributed by atoms with Crippen LogP contribution in [0.1, 0.15) is 48.4 Å². The number of aromatic nitrogens is 5. The molecule has 0 aliphatic heterocycles. The van der Waals surface area contributed by atoms with Gasteiger partial charge < -0.3 is 9.84 Å². The van der Waals surface area contributed by atoms with E-state index in [4.69, 9.17) is 9.51 Å². The molecular weight excluding hydrogens is 440 g/mol. The monoisotopic (exact) mass is 466 g/mol. The van der Waals surface area contributed by atoms with Gasteiger partial charge in [0, 0.05) is 18.0 Å². The molecule has 35 heavy (non-hydrogen) atoms. The summed E-state index contributed by atoms with van der Waals surface area (Å²) in [6.45, 7) is 8.59. The minimum atomic E-state index is -0.260. The average Bonchev–Trinajstić information content (AvgIpc) is 3.52. The van der Waals surface area contributed by atoms with Crippen molar-refractivity contribution in [3.05, 3.63) is 77.7 Å². The van der Waals surface area contributed by atoms with E-state index in [2.05, 4.69) is 20.6 Å². The van der Waals surface area contributed by atoms with E-state index < -0.39 is 0 Å². The van der Waals surface area contributed by atoms with Crippen molar-refractivity contribution in [2.45, 2.75) is 40.2 Å². The molecule has 0 aliphatic carbocycles. The molecule has 8 nitrogen and oxygen atoms in total. The number of nitrogens with one attached hydrogen (secondary N) is 1. The third-order valence-corrected chi connectivity index (χ3v) is 5.92. The lowest BCUT2D eigenvalue weighted by Gasteiger charge is -2.13. The van der Waals surface area contributed by atoms with Gasteiger partial charge in [-0.15, -0.1) is 0 Å². The van der Waals surface area contributed by atoms with Crippen LogP contribution in [0.2, 0.25) is 0 Å². The second kappa shape index (κ2) is 9.13. The first-order chi connectivity index (χ1) is 17.0. The maximum Gasteiger partial charge on any atom is 0.260 e. The molecule has 176 valence electrons. The van der Waals surface area contributed by atoms with Crippen LogP contribution in [0.4, 0.5) is 5.69 Å². The minimum Gasteiger partial charge on any atom is -0.334 e. The third-order valence-electron chi connectivity index (χ3n) is 5.92. The lowest BCUT2D eigenvalue weighted by Crippen LogP contribution is -2.15. The van der Waals surface area contributed by atoms with Gasteiger partial charge in [0.25, 0.3) is 11.8 Å². The number of anilines is 1. The number of hydrogen-bond donors (Lipinski definition) is 1. The SMILES string of the molecule is CCn1ncc2c(C(=O)Nc3c(C)cccc3-c3nc(C(C)C)no3)cc(-c3ccccc3)nc21. The summed E-state index contributed by atoms with van der Waals surface area (Å²) in [5, 5.41) is 12.3. The summed E-state index contributed by atoms with van der Waals surface area (Å²) < 4.78 is 7.32. The van der Waals surface area contributed by atoms with Crippen molar-refractivity contribution in [2.75, 3.05) is 5.32 Å². The third kappa shape index (κ3) is 4.19. The highest BCUT2D eigenvalue weighted by Crippen LogP contribution is 2.32. The predicted molar refractivity (Wildman–Crippen MR) is 135 cm³/mol. The summed E-state index contributed by atoms with van der Waals surface area (Å²) in [4.78, 5) is 23.1. The van der Waals surface area contributed by atoms with Crippen molar-refractivity contribution in [3.63, 3.8) is 0 Å². The number of carbonyl (C=O) groups is 1. The Morgan fingerprint density at radius 2 is 1.89 bits per heavy atom. The van der Waals surface area contributed by atoms with Crippen molar-refractivity contribution in [3.8, 4) is 22.7 Å². The first kappa shape index (κ1) is 22.5. The molecule has 0 fully saturated rings. The Morgan fingerprint density at radius 3 is 2.60 bits per heavy atom. The van der Waals surface area contributed by atoms with Crippen molar-refractivity contribution in [1.29, 1.82) is 0 Å². The van der Waals surface area contributed by atoms with Gasteiger partial charge in [-0.3, -0.25) is 4.79 Å². The quantitative estimate of drug-likeness (QED) is 0.337. The molecule has 3 aromatic heterocycles. The fraction of sp³-hybridized carbons (Fsp3) is 0.222. The van der Waals surface area contributed by atoms with Gasteiger partial charge >= 0.3 is 0 Å². The molecule has 0 atom stereocenters. The molecular formula is C27H26N6O2. The van der Waals surface area contributed by atoms with Gasteiger partial charge in [-0.05, 0) is 31.5 Å². The summed E-state index contributed by atoms with van der Waals surface area (Å²) in [7, 11) is 0. The van der Waals surface area contributed by atoms with Gasteiger partial charge in [-0.1, -0.05) is 61.5 Å². The number of rotatable bonds is 6. The predicted octanol–water partition coefficient (Wildman–Crippen LogP) is 5.85. The van der Waals surface area contributed by atoms with E-state index in [-0.39, 0.29) is 11.8 Å². The number of benzene rings is 2. The normalized spacial score (nSPS) is 11.3. The second-order valence-electron chi connectivity index (χ2n) is 8.68. The summed E-state index contributed by atoms with van der Waals surface area (Å²) in [6, 6.07) is 17.3. The van der Waals surface area contributed by atoms with Crippen LogP contribution in [-0.4, -0.2) is 30.8 Å². The lowest BCUT2D eigenvalue weighted by molar-refractivity contribution is 0.102. The molecule has 0 radical (unpaired) electrons. The molecule has 5 aromatic rings. The Labute approximate surface area is 203 Å². The molecule has 3 heterocycles. The highest BCUT2D eigenvalue weighted by atomic mass is 16.5. The molecule has 1 amide bonds. The number of nitrogens with zero attached hydrogens (tertiary/aromatic N) is 5. The van der Waals surface area contributed by atoms with E-state index in [1.165, 1.54) is 0 Å². The summed E-state index contributed by atoms with van der Waals surface area (Å²) in [5.74, 6) is 0.863. The summed E-state index contributed by atoms with van der Waals surface area (Å²) >= 11 is 0. The van der Waals surface area contributed by atoms with Crippen molar-refractivity contribution in [2.24, 2.45) is 0 Å². The fourth-order valence-corrected chi connectivity index (χ4v) is 4.00. The highest BCUT2D eigenvalue weighted by Gasteiger charge is 2.21. The van der Waals surface area contributed by atoms with Gasteiger partial charge in [-0.25, -0.2) is 9.67 Å². The zero-order valence-electron chi connectivity index (χ0n) is 20.1. The van der Waals surface area contributed by atoms with Crippen LogP contribution < -0.4 is 5.32 Å². The molecule has 0 saturated heterocycles. The number of aryl methyl sites for hydroxylation is 2. The summed E-state index contributed by atoms with van der Waals surface area (Å²) in [5.41, 5.74) is 5.00. The smallest absolute Gasteiger partial charge is 0.260 e. The van der Waals surface area contributed by atoms with Gasteiger partial charge in [0.15, 0.2) is 11.5 Å². The highest BCUT2D eigenvalue weighted by molar-refractivity contribution is 6.13. The first-order valence-electron chi connectivity index (χ1n) is 11.6. The van der Waals surface area contributed by atoms with Crippen LogP contribution in [0.3, 0.4) is 0 Å². The Kier molecular flexibility index (Phi) is 5.86. The van der Waals surface area contributed by atoms with Gasteiger partial charge in [0.05, 0.1) is 34.1 Å². The zero-order chi connectivity index (χ0) is 24.5. The Hall–Kier alpha value is -4.33. The van der Waals surface area contributed by atoms with Crippen LogP contribution in [0.25, 0.3) is 33.7 Å². The van der Waals surface area contributed by atoms with Crippen LogP contribution in [0.15, 0.2) is 65.3 Å². The minimum absolute atomic E-state index is 0.131. The van der Waals surface area contributed by atoms with Gasteiger partial charge in [-0.2, -0.15) is 10.1 Å². The van der Waals surface area contributed by atoms with Crippen LogP contribution in [-0.2, 0) is 6.54 Å². The molecule has 0 aliphatic rings. The Morgan fingerprint density at radius 1 is 1.09 bits per heavy atom. The average molecular weight is 467 g/mol. The number of carbonyl (C=O) groups excluding carboxylic acids is 1. The van der Waals surface area contributed by atoms with Crippen LogP contribution in [0.5, 0.6) is 0 Å². The first-order valence-corrected chi connectivity index (χ1v) is 11.6. The molecule has 1 N–H and O–H groups in total. The van der Waals surface area contributed by atoms with Gasteiger partial charge in [0.1, 0.15) is 0 Å². The molecule has 0 saturated carbocycles. The van der Waals surface area contributed by atoms with E-state index in [0.29, 0.717) is 51.8 Å². The van der Waals surface area contributed by atoms with Crippen molar-refractivity contribution < 1.29 is 9.32 Å². The molecule has 0 unspecified atom stereocenters. The number of amides is 1. The summed E-state index contributed by atoms with van der Waals surface area (Å²) in [6.07, 6.45) is 1.70. The lowest BCUT2D eigenvalue weighted by atomic mass is 10.0.